The normalized spacial score (nSPS) is 33.6. The average Bonchev–Trinajstić information content (AvgIpc) is 3.94. The van der Waals surface area contributed by atoms with Crippen LogP contribution in [0.1, 0.15) is 33.6 Å². The Hall–Kier alpha value is -4.86. The van der Waals surface area contributed by atoms with Crippen molar-refractivity contribution in [3.05, 3.63) is 84.0 Å². The van der Waals surface area contributed by atoms with E-state index in [1.165, 1.54) is 9.80 Å². The Balaban J connectivity index is 0.818. The molecule has 0 radical (unpaired) electrons. The van der Waals surface area contributed by atoms with Crippen LogP contribution in [0.2, 0.25) is 0 Å². The molecule has 0 unspecified atom stereocenters. The van der Waals surface area contributed by atoms with Crippen LogP contribution in [-0.4, -0.2) is 71.4 Å². The summed E-state index contributed by atoms with van der Waals surface area (Å²) in [7, 11) is 0. The molecule has 8 atom stereocenters. The van der Waals surface area contributed by atoms with Gasteiger partial charge in [0, 0.05) is 37.3 Å². The highest BCUT2D eigenvalue weighted by Crippen LogP contribution is 2.54. The molecule has 7 aliphatic rings. The number of carbonyl (C=O) groups is 6. The van der Waals surface area contributed by atoms with Gasteiger partial charge in [0.25, 0.3) is 11.8 Å². The summed E-state index contributed by atoms with van der Waals surface area (Å²) in [6.07, 6.45) is 10.0. The van der Waals surface area contributed by atoms with Gasteiger partial charge in [0.2, 0.25) is 23.6 Å². The number of hydrogen-bond donors (Lipinski definition) is 0. The number of nitrogens with zero attached hydrogens (tertiary/aromatic N) is 4. The Morgan fingerprint density at radius 2 is 0.739 bits per heavy atom. The number of piperazine rings is 1. The molecule has 3 aliphatic heterocycles. The zero-order valence-electron chi connectivity index (χ0n) is 25.0. The SMILES string of the molecule is O=C(c1ccc(N2C(=O)[C@@H]3[C@H](C2=O)[C@H]2C=C[C@H]3C2)cc1)N1CCN(C(=O)c2ccc(N3C(=O)[C@@H]4[C@H](C3=O)[C@H]3C=C[C@H]4C3)cc2)CC1. The lowest BCUT2D eigenvalue weighted by molar-refractivity contribution is -0.124. The van der Waals surface area contributed by atoms with Crippen molar-refractivity contribution in [2.24, 2.45) is 47.3 Å². The Bertz CT molecular complexity index is 1600. The van der Waals surface area contributed by atoms with E-state index in [4.69, 9.17) is 0 Å². The second kappa shape index (κ2) is 9.82. The first-order valence-electron chi connectivity index (χ1n) is 16.2. The molecule has 2 aromatic rings. The van der Waals surface area contributed by atoms with Gasteiger partial charge in [0.1, 0.15) is 0 Å². The zero-order valence-corrected chi connectivity index (χ0v) is 25.0. The van der Waals surface area contributed by atoms with E-state index in [1.54, 1.807) is 58.3 Å². The van der Waals surface area contributed by atoms with Crippen LogP contribution in [0.15, 0.2) is 72.8 Å². The zero-order chi connectivity index (χ0) is 31.4. The van der Waals surface area contributed by atoms with Gasteiger partial charge in [0.15, 0.2) is 0 Å². The highest BCUT2D eigenvalue weighted by atomic mass is 16.2. The first kappa shape index (κ1) is 27.5. The second-order valence-electron chi connectivity index (χ2n) is 13.7. The van der Waals surface area contributed by atoms with E-state index in [2.05, 4.69) is 24.3 Å². The lowest BCUT2D eigenvalue weighted by atomic mass is 9.85. The summed E-state index contributed by atoms with van der Waals surface area (Å²) in [4.78, 5) is 85.1. The number of benzene rings is 2. The van der Waals surface area contributed by atoms with Gasteiger partial charge in [-0.3, -0.25) is 38.6 Å². The summed E-state index contributed by atoms with van der Waals surface area (Å²) >= 11 is 0. The molecule has 9 rings (SSSR count). The summed E-state index contributed by atoms with van der Waals surface area (Å²) in [5.41, 5.74) is 1.90. The Morgan fingerprint density at radius 3 is 1.02 bits per heavy atom. The fraction of sp³-hybridized carbons (Fsp3) is 0.389. The number of imide groups is 2. The van der Waals surface area contributed by atoms with Gasteiger partial charge in [-0.05, 0) is 85.0 Å². The summed E-state index contributed by atoms with van der Waals surface area (Å²) in [6.45, 7) is 1.45. The molecule has 0 aromatic heterocycles. The number of carbonyl (C=O) groups excluding carboxylic acids is 6. The maximum Gasteiger partial charge on any atom is 0.253 e. The number of allylic oxidation sites excluding steroid dienone is 4. The number of rotatable bonds is 4. The molecule has 4 bridgehead atoms. The lowest BCUT2D eigenvalue weighted by Crippen LogP contribution is -2.50. The van der Waals surface area contributed by atoms with Gasteiger partial charge in [-0.1, -0.05) is 24.3 Å². The quantitative estimate of drug-likeness (QED) is 0.386. The Labute approximate surface area is 265 Å². The predicted molar refractivity (Wildman–Crippen MR) is 165 cm³/mol. The third kappa shape index (κ3) is 3.75. The molecule has 4 aliphatic carbocycles. The van der Waals surface area contributed by atoms with Gasteiger partial charge in [-0.2, -0.15) is 0 Å². The molecule has 2 aromatic carbocycles. The first-order chi connectivity index (χ1) is 22.3. The fourth-order valence-electron chi connectivity index (χ4n) is 9.30. The van der Waals surface area contributed by atoms with E-state index in [-0.39, 0.29) is 82.8 Å². The van der Waals surface area contributed by atoms with E-state index in [0.29, 0.717) is 48.7 Å². The van der Waals surface area contributed by atoms with Crippen LogP contribution in [-0.2, 0) is 19.2 Å². The lowest BCUT2D eigenvalue weighted by Gasteiger charge is -2.35. The van der Waals surface area contributed by atoms with Gasteiger partial charge < -0.3 is 9.80 Å². The standard InChI is InChI=1S/C36H32N4O6/c41-31(19-5-9-25(10-6-19)39-33(43)27-21-1-2-22(17-21)28(27)34(39)44)37-13-15-38(16-14-37)32(42)20-7-11-26(12-8-20)40-35(45)29-23-3-4-24(18-23)30(29)36(40)46/h1-12,21-24,27-30H,13-18H2/t21-,22-,23-,24-,27-,28+,29-,30+/m0/s1. The summed E-state index contributed by atoms with van der Waals surface area (Å²) in [6, 6.07) is 13.3. The average molecular weight is 617 g/mol. The monoisotopic (exact) mass is 616 g/mol. The molecule has 232 valence electrons. The largest absolute Gasteiger partial charge is 0.335 e. The van der Waals surface area contributed by atoms with Crippen LogP contribution < -0.4 is 9.80 Å². The summed E-state index contributed by atoms with van der Waals surface area (Å²) < 4.78 is 0. The Kier molecular flexibility index (Phi) is 5.86. The number of amides is 6. The summed E-state index contributed by atoms with van der Waals surface area (Å²) in [5.74, 6) is -1.46. The number of hydrogen-bond acceptors (Lipinski definition) is 6. The summed E-state index contributed by atoms with van der Waals surface area (Å²) in [5, 5.41) is 0. The number of anilines is 2. The fourth-order valence-corrected chi connectivity index (χ4v) is 9.30. The highest BCUT2D eigenvalue weighted by molar-refractivity contribution is 6.23. The smallest absolute Gasteiger partial charge is 0.253 e. The van der Waals surface area contributed by atoms with Crippen LogP contribution in [0.3, 0.4) is 0 Å². The molecule has 0 N–H and O–H groups in total. The molecule has 6 amide bonds. The maximum atomic E-state index is 13.3. The molecular formula is C36H32N4O6. The van der Waals surface area contributed by atoms with E-state index in [1.807, 2.05) is 0 Å². The topological polar surface area (TPSA) is 115 Å². The second-order valence-corrected chi connectivity index (χ2v) is 13.7. The van der Waals surface area contributed by atoms with Crippen molar-refractivity contribution in [2.75, 3.05) is 36.0 Å². The minimum atomic E-state index is -0.271. The van der Waals surface area contributed by atoms with Crippen molar-refractivity contribution in [1.82, 2.24) is 9.80 Å². The maximum absolute atomic E-state index is 13.3. The molecule has 46 heavy (non-hydrogen) atoms. The van der Waals surface area contributed by atoms with E-state index >= 15 is 0 Å². The van der Waals surface area contributed by atoms with Crippen molar-refractivity contribution in [1.29, 1.82) is 0 Å². The van der Waals surface area contributed by atoms with Crippen LogP contribution in [0, 0.1) is 47.3 Å². The van der Waals surface area contributed by atoms with Gasteiger partial charge >= 0.3 is 0 Å². The van der Waals surface area contributed by atoms with Gasteiger partial charge in [0.05, 0.1) is 35.0 Å². The molecule has 0 spiro atoms. The van der Waals surface area contributed by atoms with Crippen LogP contribution >= 0.6 is 0 Å². The minimum absolute atomic E-state index is 0.140. The molecule has 5 fully saturated rings. The molecular weight excluding hydrogens is 584 g/mol. The van der Waals surface area contributed by atoms with Crippen molar-refractivity contribution in [3.8, 4) is 0 Å². The van der Waals surface area contributed by atoms with E-state index in [0.717, 1.165) is 12.8 Å². The minimum Gasteiger partial charge on any atom is -0.335 e. The third-order valence-electron chi connectivity index (χ3n) is 11.5. The van der Waals surface area contributed by atoms with E-state index < -0.39 is 0 Å². The number of fused-ring (bicyclic) bond motifs is 10. The van der Waals surface area contributed by atoms with Crippen LogP contribution in [0.5, 0.6) is 0 Å². The molecule has 2 saturated carbocycles. The highest BCUT2D eigenvalue weighted by Gasteiger charge is 2.60. The molecule has 3 heterocycles. The predicted octanol–water partition coefficient (Wildman–Crippen LogP) is 2.91. The molecule has 10 nitrogen and oxygen atoms in total. The van der Waals surface area contributed by atoms with Gasteiger partial charge in [-0.25, -0.2) is 0 Å². The molecule has 10 heteroatoms. The van der Waals surface area contributed by atoms with Crippen LogP contribution in [0.4, 0.5) is 11.4 Å². The van der Waals surface area contributed by atoms with Gasteiger partial charge in [-0.15, -0.1) is 0 Å². The van der Waals surface area contributed by atoms with Crippen molar-refractivity contribution in [2.45, 2.75) is 12.8 Å². The van der Waals surface area contributed by atoms with Crippen molar-refractivity contribution < 1.29 is 28.8 Å². The van der Waals surface area contributed by atoms with Crippen molar-refractivity contribution >= 4 is 46.8 Å². The third-order valence-corrected chi connectivity index (χ3v) is 11.5. The Morgan fingerprint density at radius 1 is 0.457 bits per heavy atom. The van der Waals surface area contributed by atoms with Crippen LogP contribution in [0.25, 0.3) is 0 Å². The first-order valence-corrected chi connectivity index (χ1v) is 16.2. The van der Waals surface area contributed by atoms with E-state index in [9.17, 15) is 28.8 Å². The van der Waals surface area contributed by atoms with Crippen molar-refractivity contribution in [3.63, 3.8) is 0 Å². The molecule has 3 saturated heterocycles.